The van der Waals surface area contributed by atoms with Gasteiger partial charge in [0.25, 0.3) is 0 Å². The van der Waals surface area contributed by atoms with E-state index in [2.05, 4.69) is 10.5 Å². The molecule has 28 heavy (non-hydrogen) atoms. The molecule has 0 aromatic heterocycles. The fourth-order valence-electron chi connectivity index (χ4n) is 2.53. The Bertz CT molecular complexity index is 947. The Morgan fingerprint density at radius 1 is 0.893 bits per heavy atom. The molecule has 0 heterocycles. The molecular weight excluding hydrogens is 395 g/mol. The normalized spacial score (nSPS) is 10.8. The van der Waals surface area contributed by atoms with Crippen molar-refractivity contribution in [3.05, 3.63) is 93.5 Å². The number of methoxy groups -OCH3 is 1. The number of hydrogen-bond donors (Lipinski definition) is 1. The van der Waals surface area contributed by atoms with E-state index in [0.29, 0.717) is 34.7 Å². The molecule has 0 spiro atoms. The first-order valence-corrected chi connectivity index (χ1v) is 9.46. The Morgan fingerprint density at radius 2 is 1.71 bits per heavy atom. The van der Waals surface area contributed by atoms with Crippen molar-refractivity contribution in [1.82, 2.24) is 5.43 Å². The van der Waals surface area contributed by atoms with Gasteiger partial charge in [-0.05, 0) is 47.0 Å². The lowest BCUT2D eigenvalue weighted by Crippen LogP contribution is -2.05. The molecule has 0 bridgehead atoms. The van der Waals surface area contributed by atoms with Crippen LogP contribution in [0, 0.1) is 0 Å². The monoisotopic (exact) mass is 414 g/mol. The van der Waals surface area contributed by atoms with E-state index in [0.717, 1.165) is 11.1 Å². The van der Waals surface area contributed by atoms with E-state index < -0.39 is 0 Å². The molecule has 0 aliphatic heterocycles. The summed E-state index contributed by atoms with van der Waals surface area (Å²) in [5.41, 5.74) is 6.03. The predicted octanol–water partition coefficient (Wildman–Crippen LogP) is 5.70. The molecule has 0 saturated heterocycles. The molecule has 0 saturated carbocycles. The lowest BCUT2D eigenvalue weighted by molar-refractivity contribution is 0.284. The van der Waals surface area contributed by atoms with Gasteiger partial charge in [0.15, 0.2) is 11.5 Å². The SMILES string of the molecule is COc1cc(C=NNCc2ccccc2)ccc1OCc1ccc(Cl)c(Cl)c1. The zero-order valence-electron chi connectivity index (χ0n) is 15.4. The minimum Gasteiger partial charge on any atom is -0.493 e. The topological polar surface area (TPSA) is 42.8 Å². The minimum absolute atomic E-state index is 0.360. The Hall–Kier alpha value is -2.69. The molecule has 0 atom stereocenters. The highest BCUT2D eigenvalue weighted by Crippen LogP contribution is 2.29. The van der Waals surface area contributed by atoms with Crippen LogP contribution < -0.4 is 14.9 Å². The van der Waals surface area contributed by atoms with Gasteiger partial charge in [-0.3, -0.25) is 0 Å². The van der Waals surface area contributed by atoms with Gasteiger partial charge in [-0.1, -0.05) is 59.6 Å². The maximum absolute atomic E-state index is 6.04. The van der Waals surface area contributed by atoms with Crippen LogP contribution in [0.2, 0.25) is 10.0 Å². The van der Waals surface area contributed by atoms with Crippen LogP contribution in [0.1, 0.15) is 16.7 Å². The van der Waals surface area contributed by atoms with Gasteiger partial charge in [0.1, 0.15) is 6.61 Å². The number of ether oxygens (including phenoxy) is 2. The van der Waals surface area contributed by atoms with E-state index in [9.17, 15) is 0 Å². The summed E-state index contributed by atoms with van der Waals surface area (Å²) in [6, 6.07) is 21.1. The lowest BCUT2D eigenvalue weighted by Gasteiger charge is -2.12. The minimum atomic E-state index is 0.360. The molecule has 3 aromatic rings. The fraction of sp³-hybridized carbons (Fsp3) is 0.136. The first-order chi connectivity index (χ1) is 13.7. The van der Waals surface area contributed by atoms with E-state index in [1.807, 2.05) is 54.6 Å². The second kappa shape index (κ2) is 10.0. The molecule has 144 valence electrons. The first-order valence-electron chi connectivity index (χ1n) is 8.70. The van der Waals surface area contributed by atoms with Crippen molar-refractivity contribution in [2.24, 2.45) is 5.10 Å². The summed E-state index contributed by atoms with van der Waals surface area (Å²) in [4.78, 5) is 0. The van der Waals surface area contributed by atoms with Gasteiger partial charge in [-0.25, -0.2) is 0 Å². The number of benzene rings is 3. The van der Waals surface area contributed by atoms with Crippen LogP contribution in [0.3, 0.4) is 0 Å². The summed E-state index contributed by atoms with van der Waals surface area (Å²) in [6.45, 7) is 1.03. The van der Waals surface area contributed by atoms with Crippen molar-refractivity contribution >= 4 is 29.4 Å². The Balaban J connectivity index is 1.59. The average molecular weight is 415 g/mol. The maximum atomic E-state index is 6.04. The third-order valence-corrected chi connectivity index (χ3v) is 4.74. The van der Waals surface area contributed by atoms with Crippen LogP contribution in [0.25, 0.3) is 0 Å². The molecule has 0 unspecified atom stereocenters. The zero-order valence-corrected chi connectivity index (χ0v) is 16.9. The number of hydrazone groups is 1. The van der Waals surface area contributed by atoms with E-state index >= 15 is 0 Å². The molecule has 1 N–H and O–H groups in total. The quantitative estimate of drug-likeness (QED) is 0.379. The number of hydrogen-bond acceptors (Lipinski definition) is 4. The average Bonchev–Trinajstić information content (AvgIpc) is 2.73. The fourth-order valence-corrected chi connectivity index (χ4v) is 2.85. The summed E-state index contributed by atoms with van der Waals surface area (Å²) in [7, 11) is 1.61. The Labute approximate surface area is 174 Å². The van der Waals surface area contributed by atoms with Crippen LogP contribution in [-0.2, 0) is 13.2 Å². The summed E-state index contributed by atoms with van der Waals surface area (Å²) >= 11 is 12.0. The van der Waals surface area contributed by atoms with Gasteiger partial charge in [-0.2, -0.15) is 5.10 Å². The Morgan fingerprint density at radius 3 is 2.46 bits per heavy atom. The van der Waals surface area contributed by atoms with E-state index in [4.69, 9.17) is 32.7 Å². The largest absolute Gasteiger partial charge is 0.493 e. The second-order valence-corrected chi connectivity index (χ2v) is 6.84. The molecule has 0 aliphatic rings. The standard InChI is InChI=1S/C22H20Cl2N2O2/c1-27-22-12-17(14-26-25-13-16-5-3-2-4-6-16)8-10-21(22)28-15-18-7-9-19(23)20(24)11-18/h2-12,14,25H,13,15H2,1H3. The second-order valence-electron chi connectivity index (χ2n) is 6.03. The third-order valence-electron chi connectivity index (χ3n) is 4.00. The molecule has 3 rings (SSSR count). The van der Waals surface area contributed by atoms with Crippen LogP contribution >= 0.6 is 23.2 Å². The van der Waals surface area contributed by atoms with Gasteiger partial charge in [-0.15, -0.1) is 0 Å². The summed E-state index contributed by atoms with van der Waals surface area (Å²) < 4.78 is 11.3. The van der Waals surface area contributed by atoms with Crippen molar-refractivity contribution in [2.45, 2.75) is 13.2 Å². The maximum Gasteiger partial charge on any atom is 0.161 e. The molecule has 0 radical (unpaired) electrons. The van der Waals surface area contributed by atoms with Crippen molar-refractivity contribution in [3.8, 4) is 11.5 Å². The number of nitrogens with one attached hydrogen (secondary N) is 1. The van der Waals surface area contributed by atoms with Gasteiger partial charge < -0.3 is 14.9 Å². The van der Waals surface area contributed by atoms with Gasteiger partial charge >= 0.3 is 0 Å². The molecule has 0 amide bonds. The van der Waals surface area contributed by atoms with Crippen molar-refractivity contribution < 1.29 is 9.47 Å². The molecule has 6 heteroatoms. The number of rotatable bonds is 8. The van der Waals surface area contributed by atoms with E-state index in [1.54, 1.807) is 25.5 Å². The predicted molar refractivity (Wildman–Crippen MR) is 115 cm³/mol. The van der Waals surface area contributed by atoms with Crippen LogP contribution in [0.15, 0.2) is 71.8 Å². The highest BCUT2D eigenvalue weighted by atomic mass is 35.5. The van der Waals surface area contributed by atoms with Crippen LogP contribution in [0.5, 0.6) is 11.5 Å². The highest BCUT2D eigenvalue weighted by Gasteiger charge is 2.07. The third kappa shape index (κ3) is 5.65. The molecular formula is C22H20Cl2N2O2. The van der Waals surface area contributed by atoms with Crippen molar-refractivity contribution in [1.29, 1.82) is 0 Å². The molecule has 3 aromatic carbocycles. The number of nitrogens with zero attached hydrogens (tertiary/aromatic N) is 1. The summed E-state index contributed by atoms with van der Waals surface area (Å²) in [6.07, 6.45) is 1.74. The van der Waals surface area contributed by atoms with E-state index in [1.165, 1.54) is 5.56 Å². The van der Waals surface area contributed by atoms with Gasteiger partial charge in [0, 0.05) is 0 Å². The highest BCUT2D eigenvalue weighted by molar-refractivity contribution is 6.42. The van der Waals surface area contributed by atoms with Crippen molar-refractivity contribution in [2.75, 3.05) is 7.11 Å². The zero-order chi connectivity index (χ0) is 19.8. The molecule has 4 nitrogen and oxygen atoms in total. The lowest BCUT2D eigenvalue weighted by atomic mass is 10.2. The van der Waals surface area contributed by atoms with Crippen LogP contribution in [0.4, 0.5) is 0 Å². The number of halogens is 2. The van der Waals surface area contributed by atoms with Gasteiger partial charge in [0.05, 0.1) is 29.9 Å². The van der Waals surface area contributed by atoms with Crippen LogP contribution in [-0.4, -0.2) is 13.3 Å². The van der Waals surface area contributed by atoms with Crippen molar-refractivity contribution in [3.63, 3.8) is 0 Å². The molecule has 0 fully saturated rings. The summed E-state index contributed by atoms with van der Waals surface area (Å²) in [5.74, 6) is 1.27. The van der Waals surface area contributed by atoms with E-state index in [-0.39, 0.29) is 0 Å². The van der Waals surface area contributed by atoms with Gasteiger partial charge in [0.2, 0.25) is 0 Å². The first kappa shape index (κ1) is 20.1. The Kier molecular flexibility index (Phi) is 7.18. The molecule has 0 aliphatic carbocycles. The smallest absolute Gasteiger partial charge is 0.161 e. The summed E-state index contributed by atoms with van der Waals surface area (Å²) in [5, 5.41) is 5.28.